The van der Waals surface area contributed by atoms with E-state index in [1.54, 1.807) is 11.8 Å². The smallest absolute Gasteiger partial charge is 0.276 e. The molecule has 2 heterocycles. The minimum atomic E-state index is -0.196. The van der Waals surface area contributed by atoms with Crippen LogP contribution in [0.25, 0.3) is 10.4 Å². The van der Waals surface area contributed by atoms with Crippen LogP contribution in [0.5, 0.6) is 0 Å². The molecule has 1 aliphatic heterocycles. The molecule has 1 aromatic carbocycles. The Morgan fingerprint density at radius 1 is 1.29 bits per heavy atom. The average molecular weight is 393 g/mol. The molecule has 0 radical (unpaired) electrons. The quantitative estimate of drug-likeness (QED) is 0.386. The van der Waals surface area contributed by atoms with Gasteiger partial charge < -0.3 is 4.90 Å². The maximum absolute atomic E-state index is 13.1. The fraction of sp³-hybridized carbons (Fsp3) is 0.261. The summed E-state index contributed by atoms with van der Waals surface area (Å²) in [6.07, 6.45) is 5.50. The molecular weight excluding hydrogens is 368 g/mol. The fourth-order valence-electron chi connectivity index (χ4n) is 3.22. The zero-order chi connectivity index (χ0) is 20.3. The lowest BCUT2D eigenvalue weighted by atomic mass is 10.1. The van der Waals surface area contributed by atoms with Gasteiger partial charge >= 0.3 is 0 Å². The molecule has 1 amide bonds. The molecule has 0 saturated carbocycles. The van der Waals surface area contributed by atoms with Crippen molar-refractivity contribution in [3.05, 3.63) is 65.2 Å². The van der Waals surface area contributed by atoms with Gasteiger partial charge in [-0.1, -0.05) is 37.8 Å². The van der Waals surface area contributed by atoms with Gasteiger partial charge in [-0.05, 0) is 50.5 Å². The molecule has 4 nitrogen and oxygen atoms in total. The van der Waals surface area contributed by atoms with Gasteiger partial charge in [0.1, 0.15) is 5.70 Å². The van der Waals surface area contributed by atoms with Crippen LogP contribution in [0.3, 0.4) is 0 Å². The summed E-state index contributed by atoms with van der Waals surface area (Å²) in [5.74, 6) is -0.125. The van der Waals surface area contributed by atoms with Crippen LogP contribution in [0.2, 0.25) is 0 Å². The molecule has 5 heteroatoms. The molecule has 144 valence electrons. The summed E-state index contributed by atoms with van der Waals surface area (Å²) in [5.41, 5.74) is 3.90. The third-order valence-electron chi connectivity index (χ3n) is 4.60. The largest absolute Gasteiger partial charge is 0.306 e. The molecule has 0 spiro atoms. The highest BCUT2D eigenvalue weighted by Gasteiger charge is 2.27. The van der Waals surface area contributed by atoms with Crippen molar-refractivity contribution in [2.24, 2.45) is 4.99 Å². The molecule has 0 saturated heterocycles. The van der Waals surface area contributed by atoms with Crippen molar-refractivity contribution in [3.63, 3.8) is 0 Å². The monoisotopic (exact) mass is 392 g/mol. The number of para-hydroxylation sites is 1. The molecule has 0 unspecified atom stereocenters. The van der Waals surface area contributed by atoms with Crippen LogP contribution in [-0.2, 0) is 11.2 Å². The Balaban J connectivity index is 1.97. The SMILES string of the molecule is C=C(N=C(C)/C=C\CC)C(=O)N1CCc2cc(C(C)=O)sc2-c2ccccc21. The number of anilines is 1. The first-order valence-corrected chi connectivity index (χ1v) is 10.2. The summed E-state index contributed by atoms with van der Waals surface area (Å²) in [7, 11) is 0. The van der Waals surface area contributed by atoms with E-state index in [9.17, 15) is 9.59 Å². The van der Waals surface area contributed by atoms with Gasteiger partial charge in [-0.25, -0.2) is 4.99 Å². The number of ketones is 1. The third-order valence-corrected chi connectivity index (χ3v) is 5.91. The second-order valence-electron chi connectivity index (χ2n) is 6.76. The Bertz CT molecular complexity index is 998. The van der Waals surface area contributed by atoms with Crippen LogP contribution in [0.1, 0.15) is 42.4 Å². The second kappa shape index (κ2) is 8.48. The van der Waals surface area contributed by atoms with Gasteiger partial charge in [0.25, 0.3) is 5.91 Å². The lowest BCUT2D eigenvalue weighted by Gasteiger charge is -2.23. The molecular formula is C23H24N2O2S. The summed E-state index contributed by atoms with van der Waals surface area (Å²) in [4.78, 5) is 32.9. The molecule has 0 bridgehead atoms. The number of amides is 1. The number of allylic oxidation sites excluding steroid dienone is 2. The van der Waals surface area contributed by atoms with E-state index in [2.05, 4.69) is 11.6 Å². The molecule has 0 N–H and O–H groups in total. The van der Waals surface area contributed by atoms with E-state index < -0.39 is 0 Å². The molecule has 0 atom stereocenters. The number of Topliss-reactive ketones (excluding diaryl/α,β-unsaturated/α-hetero) is 1. The minimum absolute atomic E-state index is 0.0711. The van der Waals surface area contributed by atoms with Crippen molar-refractivity contribution >= 4 is 34.4 Å². The van der Waals surface area contributed by atoms with E-state index in [4.69, 9.17) is 0 Å². The maximum atomic E-state index is 13.1. The summed E-state index contributed by atoms with van der Waals surface area (Å²) in [5, 5.41) is 0. The highest BCUT2D eigenvalue weighted by atomic mass is 32.1. The maximum Gasteiger partial charge on any atom is 0.276 e. The Labute approximate surface area is 169 Å². The number of hydrogen-bond acceptors (Lipinski definition) is 4. The van der Waals surface area contributed by atoms with E-state index in [0.29, 0.717) is 13.0 Å². The Morgan fingerprint density at radius 2 is 2.04 bits per heavy atom. The van der Waals surface area contributed by atoms with Crippen molar-refractivity contribution in [1.82, 2.24) is 0 Å². The first kappa shape index (κ1) is 20.0. The lowest BCUT2D eigenvalue weighted by molar-refractivity contribution is -0.115. The third kappa shape index (κ3) is 4.04. The standard InChI is InChI=1S/C23H24N2O2S/c1-5-6-9-15(2)24-16(3)23(27)25-13-12-18-14-21(17(4)26)28-22(18)19-10-7-8-11-20(19)25/h6-11,14H,3,5,12-13H2,1-2,4H3/b9-6-,24-15?. The van der Waals surface area contributed by atoms with Gasteiger partial charge in [-0.3, -0.25) is 9.59 Å². The van der Waals surface area contributed by atoms with Gasteiger partial charge in [0.05, 0.1) is 10.6 Å². The number of nitrogens with zero attached hydrogens (tertiary/aromatic N) is 2. The molecule has 28 heavy (non-hydrogen) atoms. The first-order valence-electron chi connectivity index (χ1n) is 9.38. The average Bonchev–Trinajstić information content (AvgIpc) is 3.05. The van der Waals surface area contributed by atoms with E-state index >= 15 is 0 Å². The Hall–Kier alpha value is -2.79. The number of aliphatic imine (C=N–C) groups is 1. The van der Waals surface area contributed by atoms with Crippen molar-refractivity contribution in [3.8, 4) is 10.4 Å². The summed E-state index contributed by atoms with van der Waals surface area (Å²) in [6.45, 7) is 9.92. The van der Waals surface area contributed by atoms with Gasteiger partial charge in [-0.2, -0.15) is 0 Å². The highest BCUT2D eigenvalue weighted by Crippen LogP contribution is 2.41. The van der Waals surface area contributed by atoms with Gasteiger partial charge in [0.2, 0.25) is 0 Å². The van der Waals surface area contributed by atoms with Crippen LogP contribution in [0.15, 0.2) is 59.8 Å². The Kier molecular flexibility index (Phi) is 6.05. The number of carbonyl (C=O) groups is 2. The van der Waals surface area contributed by atoms with Gasteiger partial charge in [0, 0.05) is 22.7 Å². The molecule has 2 aromatic rings. The van der Waals surface area contributed by atoms with Crippen LogP contribution < -0.4 is 4.90 Å². The Morgan fingerprint density at radius 3 is 2.75 bits per heavy atom. The molecule has 0 fully saturated rings. The number of benzene rings is 1. The zero-order valence-corrected chi connectivity index (χ0v) is 17.3. The molecule has 1 aromatic heterocycles. The lowest BCUT2D eigenvalue weighted by Crippen LogP contribution is -2.33. The van der Waals surface area contributed by atoms with Gasteiger partial charge in [0.15, 0.2) is 5.78 Å². The van der Waals surface area contributed by atoms with E-state index in [0.717, 1.165) is 38.7 Å². The minimum Gasteiger partial charge on any atom is -0.306 e. The first-order chi connectivity index (χ1) is 13.4. The van der Waals surface area contributed by atoms with Crippen molar-refractivity contribution in [1.29, 1.82) is 0 Å². The van der Waals surface area contributed by atoms with Crippen LogP contribution in [-0.4, -0.2) is 23.9 Å². The summed E-state index contributed by atoms with van der Waals surface area (Å²) < 4.78 is 0. The fourth-order valence-corrected chi connectivity index (χ4v) is 4.36. The van der Waals surface area contributed by atoms with Crippen LogP contribution in [0, 0.1) is 0 Å². The van der Waals surface area contributed by atoms with E-state index in [1.807, 2.05) is 56.3 Å². The number of rotatable bonds is 5. The number of carbonyl (C=O) groups excluding carboxylic acids is 2. The summed E-state index contributed by atoms with van der Waals surface area (Å²) in [6, 6.07) is 9.78. The number of thiophene rings is 1. The number of fused-ring (bicyclic) bond motifs is 3. The second-order valence-corrected chi connectivity index (χ2v) is 7.81. The predicted octanol–water partition coefficient (Wildman–Crippen LogP) is 5.45. The summed E-state index contributed by atoms with van der Waals surface area (Å²) >= 11 is 1.49. The number of hydrogen-bond donors (Lipinski definition) is 0. The van der Waals surface area contributed by atoms with Gasteiger partial charge in [-0.15, -0.1) is 11.3 Å². The highest BCUT2D eigenvalue weighted by molar-refractivity contribution is 7.17. The molecule has 1 aliphatic rings. The predicted molar refractivity (Wildman–Crippen MR) is 117 cm³/mol. The van der Waals surface area contributed by atoms with E-state index in [1.165, 1.54) is 11.3 Å². The molecule has 0 aliphatic carbocycles. The van der Waals surface area contributed by atoms with Crippen molar-refractivity contribution in [2.45, 2.75) is 33.6 Å². The topological polar surface area (TPSA) is 49.7 Å². The van der Waals surface area contributed by atoms with Crippen LogP contribution >= 0.6 is 11.3 Å². The van der Waals surface area contributed by atoms with E-state index in [-0.39, 0.29) is 17.4 Å². The molecule has 3 rings (SSSR count). The zero-order valence-electron chi connectivity index (χ0n) is 16.5. The van der Waals surface area contributed by atoms with Crippen LogP contribution in [0.4, 0.5) is 5.69 Å². The normalized spacial score (nSPS) is 13.8. The van der Waals surface area contributed by atoms with Crippen molar-refractivity contribution < 1.29 is 9.59 Å². The van der Waals surface area contributed by atoms with Crippen molar-refractivity contribution in [2.75, 3.05) is 11.4 Å².